The fourth-order valence-corrected chi connectivity index (χ4v) is 5.17. The number of ketones is 1. The Balaban J connectivity index is 1.36. The van der Waals surface area contributed by atoms with Crippen LogP contribution in [0.25, 0.3) is 6.08 Å². The van der Waals surface area contributed by atoms with E-state index in [0.29, 0.717) is 50.2 Å². The summed E-state index contributed by atoms with van der Waals surface area (Å²) in [6.07, 6.45) is 2.40. The first-order valence-corrected chi connectivity index (χ1v) is 12.2. The first-order chi connectivity index (χ1) is 16.3. The molecule has 0 amide bonds. The Hall–Kier alpha value is -2.21. The zero-order valence-electron chi connectivity index (χ0n) is 18.1. The molecule has 0 fully saturated rings. The van der Waals surface area contributed by atoms with E-state index in [0.717, 1.165) is 35.4 Å². The van der Waals surface area contributed by atoms with Crippen molar-refractivity contribution < 1.29 is 14.3 Å². The molecule has 0 aromatic heterocycles. The minimum Gasteiger partial charge on any atom is -0.477 e. The Morgan fingerprint density at radius 2 is 1.71 bits per heavy atom. The van der Waals surface area contributed by atoms with Gasteiger partial charge in [0.25, 0.3) is 0 Å². The molecule has 0 aliphatic carbocycles. The van der Waals surface area contributed by atoms with Gasteiger partial charge in [-0.15, -0.1) is 0 Å². The van der Waals surface area contributed by atoms with Crippen LogP contribution in [0.3, 0.4) is 0 Å². The minimum absolute atomic E-state index is 0.183. The minimum atomic E-state index is -0.183. The third-order valence-corrected chi connectivity index (χ3v) is 7.11. The van der Waals surface area contributed by atoms with E-state index < -0.39 is 0 Å². The van der Waals surface area contributed by atoms with Gasteiger partial charge in [-0.25, -0.2) is 0 Å². The predicted molar refractivity (Wildman–Crippen MR) is 137 cm³/mol. The maximum absolute atomic E-state index is 13.1. The fraction of sp³-hybridized carbons (Fsp3) is 0.192. The average Bonchev–Trinajstić information content (AvgIpc) is 3.11. The van der Waals surface area contributed by atoms with Crippen LogP contribution in [0.4, 0.5) is 0 Å². The molecule has 5 rings (SSSR count). The van der Waals surface area contributed by atoms with E-state index in [2.05, 4.69) is 4.90 Å². The Morgan fingerprint density at radius 3 is 2.44 bits per heavy atom. The standard InChI is InChI=1S/C26H19Cl4NO3/c1-14-25-17(12-31(13-33-25)7-6-15-2-4-18(27)10-21(15)29)8-20-24(32)23(34-26(14)20)9-16-3-5-19(28)11-22(16)30/h2-5,8-11H,6-7,12-13H2,1H3/b23-9-. The number of halogens is 4. The number of fused-ring (bicyclic) bond motifs is 2. The number of rotatable bonds is 4. The van der Waals surface area contributed by atoms with Crippen LogP contribution in [0.15, 0.2) is 48.2 Å². The van der Waals surface area contributed by atoms with Crippen molar-refractivity contribution in [3.05, 3.63) is 96.1 Å². The van der Waals surface area contributed by atoms with Gasteiger partial charge in [-0.3, -0.25) is 9.69 Å². The van der Waals surface area contributed by atoms with Crippen molar-refractivity contribution >= 4 is 58.3 Å². The van der Waals surface area contributed by atoms with Crippen LogP contribution < -0.4 is 9.47 Å². The lowest BCUT2D eigenvalue weighted by atomic mass is 10.00. The molecule has 3 aromatic carbocycles. The van der Waals surface area contributed by atoms with Crippen LogP contribution in [0.2, 0.25) is 20.1 Å². The quantitative estimate of drug-likeness (QED) is 0.323. The molecular formula is C26H19Cl4NO3. The SMILES string of the molecule is Cc1c2c(cc3c1O/C(=C\c1ccc(Cl)cc1Cl)C3=O)CN(CCc1ccc(Cl)cc1Cl)CO2. The van der Waals surface area contributed by atoms with E-state index in [1.807, 2.05) is 25.1 Å². The van der Waals surface area contributed by atoms with Crippen LogP contribution in [0, 0.1) is 6.92 Å². The van der Waals surface area contributed by atoms with Gasteiger partial charge in [0.2, 0.25) is 5.78 Å². The fourth-order valence-electron chi connectivity index (χ4n) is 4.20. The molecule has 0 atom stereocenters. The monoisotopic (exact) mass is 533 g/mol. The zero-order valence-corrected chi connectivity index (χ0v) is 21.2. The van der Waals surface area contributed by atoms with Crippen LogP contribution in [0.1, 0.15) is 32.6 Å². The van der Waals surface area contributed by atoms with Gasteiger partial charge in [-0.05, 0) is 60.9 Å². The highest BCUT2D eigenvalue weighted by Crippen LogP contribution is 2.43. The topological polar surface area (TPSA) is 38.8 Å². The summed E-state index contributed by atoms with van der Waals surface area (Å²) in [6, 6.07) is 12.5. The smallest absolute Gasteiger partial charge is 0.231 e. The normalized spacial score (nSPS) is 16.3. The second-order valence-corrected chi connectivity index (χ2v) is 9.97. The van der Waals surface area contributed by atoms with Crippen molar-refractivity contribution in [2.75, 3.05) is 13.3 Å². The maximum Gasteiger partial charge on any atom is 0.231 e. The molecule has 174 valence electrons. The molecule has 0 saturated carbocycles. The summed E-state index contributed by atoms with van der Waals surface area (Å²) < 4.78 is 12.0. The lowest BCUT2D eigenvalue weighted by Gasteiger charge is -2.30. The van der Waals surface area contributed by atoms with Gasteiger partial charge in [-0.1, -0.05) is 58.5 Å². The van der Waals surface area contributed by atoms with E-state index in [1.54, 1.807) is 30.3 Å². The van der Waals surface area contributed by atoms with Gasteiger partial charge in [0.15, 0.2) is 5.76 Å². The van der Waals surface area contributed by atoms with Crippen molar-refractivity contribution in [3.63, 3.8) is 0 Å². The largest absolute Gasteiger partial charge is 0.477 e. The molecule has 0 N–H and O–H groups in total. The maximum atomic E-state index is 13.1. The Labute approximate surface area is 217 Å². The van der Waals surface area contributed by atoms with Gasteiger partial charge in [0, 0.05) is 44.3 Å². The first-order valence-electron chi connectivity index (χ1n) is 10.6. The molecule has 34 heavy (non-hydrogen) atoms. The van der Waals surface area contributed by atoms with E-state index in [1.165, 1.54) is 0 Å². The number of nitrogens with zero attached hydrogens (tertiary/aromatic N) is 1. The van der Waals surface area contributed by atoms with Crippen LogP contribution in [-0.4, -0.2) is 24.0 Å². The van der Waals surface area contributed by atoms with Crippen molar-refractivity contribution in [2.45, 2.75) is 19.9 Å². The third-order valence-electron chi connectivity index (χ3n) is 5.96. The van der Waals surface area contributed by atoms with E-state index >= 15 is 0 Å². The molecule has 4 nitrogen and oxygen atoms in total. The third kappa shape index (κ3) is 4.53. The van der Waals surface area contributed by atoms with Crippen molar-refractivity contribution in [2.24, 2.45) is 0 Å². The summed E-state index contributed by atoms with van der Waals surface area (Å²) in [7, 11) is 0. The number of benzene rings is 3. The molecule has 0 spiro atoms. The molecule has 2 aliphatic heterocycles. The highest BCUT2D eigenvalue weighted by atomic mass is 35.5. The van der Waals surface area contributed by atoms with Gasteiger partial charge < -0.3 is 9.47 Å². The second kappa shape index (κ2) is 9.44. The average molecular weight is 535 g/mol. The van der Waals surface area contributed by atoms with Gasteiger partial charge in [0.1, 0.15) is 18.2 Å². The Bertz CT molecular complexity index is 1350. The first kappa shape index (κ1) is 23.5. The molecule has 3 aromatic rings. The van der Waals surface area contributed by atoms with Gasteiger partial charge in [-0.2, -0.15) is 0 Å². The molecule has 8 heteroatoms. The second-order valence-electron chi connectivity index (χ2n) is 8.28. The predicted octanol–water partition coefficient (Wildman–Crippen LogP) is 7.62. The lowest BCUT2D eigenvalue weighted by molar-refractivity contribution is 0.0954. The van der Waals surface area contributed by atoms with Crippen LogP contribution in [0.5, 0.6) is 11.5 Å². The zero-order chi connectivity index (χ0) is 24.0. The number of carbonyl (C=O) groups excluding carboxylic acids is 1. The molecule has 0 radical (unpaired) electrons. The van der Waals surface area contributed by atoms with Gasteiger partial charge in [0.05, 0.1) is 5.56 Å². The number of allylic oxidation sites excluding steroid dienone is 1. The van der Waals surface area contributed by atoms with E-state index in [4.69, 9.17) is 55.9 Å². The van der Waals surface area contributed by atoms with Crippen LogP contribution >= 0.6 is 46.4 Å². The summed E-state index contributed by atoms with van der Waals surface area (Å²) in [5, 5.41) is 2.25. The number of carbonyl (C=O) groups is 1. The Kier molecular flexibility index (Phi) is 6.54. The van der Waals surface area contributed by atoms with E-state index in [9.17, 15) is 4.79 Å². The number of hydrogen-bond acceptors (Lipinski definition) is 4. The van der Waals surface area contributed by atoms with Gasteiger partial charge >= 0.3 is 0 Å². The van der Waals surface area contributed by atoms with Crippen molar-refractivity contribution in [3.8, 4) is 11.5 Å². The molecule has 0 unspecified atom stereocenters. The molecule has 2 heterocycles. The number of ether oxygens (including phenoxy) is 2. The number of Topliss-reactive ketones (excluding diaryl/α,β-unsaturated/α-hetero) is 1. The highest BCUT2D eigenvalue weighted by molar-refractivity contribution is 6.36. The summed E-state index contributed by atoms with van der Waals surface area (Å²) in [5.41, 5.74) is 3.98. The molecule has 0 saturated heterocycles. The Morgan fingerprint density at radius 1 is 0.971 bits per heavy atom. The molecule has 0 bridgehead atoms. The van der Waals surface area contributed by atoms with E-state index in [-0.39, 0.29) is 11.5 Å². The summed E-state index contributed by atoms with van der Waals surface area (Å²) in [5.74, 6) is 1.33. The summed E-state index contributed by atoms with van der Waals surface area (Å²) >= 11 is 24.6. The molecular weight excluding hydrogens is 516 g/mol. The summed E-state index contributed by atoms with van der Waals surface area (Å²) in [6.45, 7) is 3.76. The van der Waals surface area contributed by atoms with Crippen molar-refractivity contribution in [1.29, 1.82) is 0 Å². The van der Waals surface area contributed by atoms with Crippen molar-refractivity contribution in [1.82, 2.24) is 4.90 Å². The van der Waals surface area contributed by atoms with Crippen LogP contribution in [-0.2, 0) is 13.0 Å². The molecule has 2 aliphatic rings. The summed E-state index contributed by atoms with van der Waals surface area (Å²) in [4.78, 5) is 15.3. The number of hydrogen-bond donors (Lipinski definition) is 0. The highest BCUT2D eigenvalue weighted by Gasteiger charge is 2.33. The lowest BCUT2D eigenvalue weighted by Crippen LogP contribution is -2.34.